The number of fused-ring (bicyclic) bond motifs is 1. The summed E-state index contributed by atoms with van der Waals surface area (Å²) in [6.07, 6.45) is 1.10. The van der Waals surface area contributed by atoms with E-state index < -0.39 is 9.84 Å². The van der Waals surface area contributed by atoms with E-state index in [4.69, 9.17) is 5.73 Å². The predicted molar refractivity (Wildman–Crippen MR) is 48.2 cm³/mol. The molecule has 6 nitrogen and oxygen atoms in total. The molecule has 0 saturated carbocycles. The number of nitrogens with one attached hydrogen (secondary N) is 1. The van der Waals surface area contributed by atoms with E-state index >= 15 is 0 Å². The second kappa shape index (κ2) is 2.38. The van der Waals surface area contributed by atoms with Crippen molar-refractivity contribution in [3.05, 3.63) is 0 Å². The fourth-order valence-electron chi connectivity index (χ4n) is 1.36. The van der Waals surface area contributed by atoms with Crippen LogP contribution >= 0.6 is 0 Å². The van der Waals surface area contributed by atoms with E-state index in [-0.39, 0.29) is 10.7 Å². The van der Waals surface area contributed by atoms with Crippen molar-refractivity contribution in [2.75, 3.05) is 23.9 Å². The van der Waals surface area contributed by atoms with Gasteiger partial charge in [0.05, 0.1) is 6.54 Å². The molecule has 3 N–H and O–H groups in total. The van der Waals surface area contributed by atoms with Crippen molar-refractivity contribution in [3.63, 3.8) is 0 Å². The Morgan fingerprint density at radius 2 is 2.31 bits per heavy atom. The van der Waals surface area contributed by atoms with Gasteiger partial charge in [-0.1, -0.05) is 0 Å². The number of anilines is 2. The molecule has 7 heteroatoms. The molecule has 0 spiro atoms. The first kappa shape index (κ1) is 8.36. The van der Waals surface area contributed by atoms with E-state index in [1.807, 2.05) is 0 Å². The number of hydrogen-bond donors (Lipinski definition) is 2. The lowest BCUT2D eigenvalue weighted by Gasteiger charge is -1.96. The Bertz CT molecular complexity index is 447. The monoisotopic (exact) mass is 202 g/mol. The van der Waals surface area contributed by atoms with E-state index in [9.17, 15) is 8.42 Å². The van der Waals surface area contributed by atoms with Gasteiger partial charge in [0.15, 0.2) is 9.84 Å². The quantitative estimate of drug-likeness (QED) is 0.628. The number of nitrogen functional groups attached to an aromatic ring is 1. The maximum Gasteiger partial charge on any atom is 0.201 e. The Kier molecular flexibility index (Phi) is 1.53. The summed E-state index contributed by atoms with van der Waals surface area (Å²) in [6.45, 7) is 1.41. The zero-order valence-corrected chi connectivity index (χ0v) is 7.93. The lowest BCUT2D eigenvalue weighted by Crippen LogP contribution is -2.05. The number of hydrogen-bond acceptors (Lipinski definition) is 5. The summed E-state index contributed by atoms with van der Waals surface area (Å²) >= 11 is 0. The standard InChI is InChI=1S/C6H10N4O2S/c1-13(11,12)6-4(7)5-8-2-3-10(5)9-6/h8H,2-3,7H2,1H3. The molecule has 0 aromatic carbocycles. The topological polar surface area (TPSA) is 90.0 Å². The van der Waals surface area contributed by atoms with Crippen LogP contribution in [-0.2, 0) is 16.4 Å². The second-order valence-electron chi connectivity index (χ2n) is 2.99. The molecule has 0 saturated heterocycles. The molecular weight excluding hydrogens is 192 g/mol. The molecule has 1 aliphatic rings. The highest BCUT2D eigenvalue weighted by Crippen LogP contribution is 2.28. The number of rotatable bonds is 1. The molecular formula is C6H10N4O2S. The van der Waals surface area contributed by atoms with E-state index in [1.165, 1.54) is 0 Å². The summed E-state index contributed by atoms with van der Waals surface area (Å²) in [7, 11) is -3.31. The summed E-state index contributed by atoms with van der Waals surface area (Å²) in [4.78, 5) is 0. The minimum Gasteiger partial charge on any atom is -0.393 e. The van der Waals surface area contributed by atoms with Crippen LogP contribution in [0.2, 0.25) is 0 Å². The van der Waals surface area contributed by atoms with Gasteiger partial charge in [0.1, 0.15) is 11.5 Å². The van der Waals surface area contributed by atoms with Crippen LogP contribution in [-0.4, -0.2) is 31.0 Å². The Morgan fingerprint density at radius 3 is 2.85 bits per heavy atom. The van der Waals surface area contributed by atoms with Gasteiger partial charge in [-0.2, -0.15) is 5.10 Å². The first-order valence-corrected chi connectivity index (χ1v) is 5.69. The molecule has 72 valence electrons. The first-order valence-electron chi connectivity index (χ1n) is 3.80. The van der Waals surface area contributed by atoms with E-state index in [0.29, 0.717) is 12.4 Å². The third-order valence-electron chi connectivity index (χ3n) is 1.92. The lowest BCUT2D eigenvalue weighted by molar-refractivity contribution is 0.590. The maximum absolute atomic E-state index is 11.2. The molecule has 1 aliphatic heterocycles. The largest absolute Gasteiger partial charge is 0.393 e. The van der Waals surface area contributed by atoms with Gasteiger partial charge in [-0.05, 0) is 0 Å². The van der Waals surface area contributed by atoms with E-state index in [2.05, 4.69) is 10.4 Å². The van der Waals surface area contributed by atoms with Gasteiger partial charge < -0.3 is 11.1 Å². The Hall–Kier alpha value is -1.24. The molecule has 2 rings (SSSR count). The van der Waals surface area contributed by atoms with Crippen LogP contribution in [0.4, 0.5) is 11.5 Å². The van der Waals surface area contributed by atoms with Crippen LogP contribution in [0.3, 0.4) is 0 Å². The molecule has 0 amide bonds. The van der Waals surface area contributed by atoms with Gasteiger partial charge in [-0.25, -0.2) is 13.1 Å². The fraction of sp³-hybridized carbons (Fsp3) is 0.500. The summed E-state index contributed by atoms with van der Waals surface area (Å²) in [5.41, 5.74) is 5.84. The summed E-state index contributed by atoms with van der Waals surface area (Å²) in [6, 6.07) is 0. The zero-order chi connectivity index (χ0) is 9.64. The fourth-order valence-corrected chi connectivity index (χ4v) is 2.10. The molecule has 0 aliphatic carbocycles. The minimum absolute atomic E-state index is 0.0327. The van der Waals surface area contributed by atoms with Crippen molar-refractivity contribution in [3.8, 4) is 0 Å². The molecule has 0 radical (unpaired) electrons. The molecule has 0 atom stereocenters. The molecule has 0 unspecified atom stereocenters. The number of sulfone groups is 1. The molecule has 2 heterocycles. The van der Waals surface area contributed by atoms with Crippen LogP contribution in [0.25, 0.3) is 0 Å². The van der Waals surface area contributed by atoms with Gasteiger partial charge in [-0.3, -0.25) is 0 Å². The third-order valence-corrected chi connectivity index (χ3v) is 2.93. The molecule has 1 aromatic heterocycles. The Balaban J connectivity index is 2.64. The van der Waals surface area contributed by atoms with Crippen LogP contribution in [0, 0.1) is 0 Å². The highest BCUT2D eigenvalue weighted by Gasteiger charge is 2.24. The lowest BCUT2D eigenvalue weighted by atomic mass is 10.5. The minimum atomic E-state index is -3.31. The number of nitrogens with zero attached hydrogens (tertiary/aromatic N) is 2. The predicted octanol–water partition coefficient (Wildman–Crippen LogP) is -0.706. The van der Waals surface area contributed by atoms with Crippen molar-refractivity contribution in [1.29, 1.82) is 0 Å². The van der Waals surface area contributed by atoms with Gasteiger partial charge in [0.25, 0.3) is 0 Å². The van der Waals surface area contributed by atoms with Gasteiger partial charge >= 0.3 is 0 Å². The molecule has 13 heavy (non-hydrogen) atoms. The zero-order valence-electron chi connectivity index (χ0n) is 7.11. The summed E-state index contributed by atoms with van der Waals surface area (Å²) < 4.78 is 23.9. The summed E-state index contributed by atoms with van der Waals surface area (Å²) in [5.74, 6) is 0.612. The van der Waals surface area contributed by atoms with Crippen molar-refractivity contribution < 1.29 is 8.42 Å². The normalized spacial score (nSPS) is 15.5. The van der Waals surface area contributed by atoms with E-state index in [0.717, 1.165) is 12.8 Å². The third kappa shape index (κ3) is 1.15. The Morgan fingerprint density at radius 1 is 1.62 bits per heavy atom. The van der Waals surface area contributed by atoms with Crippen molar-refractivity contribution >= 4 is 21.3 Å². The number of nitrogens with two attached hydrogens (primary N) is 1. The first-order chi connectivity index (χ1) is 6.00. The van der Waals surface area contributed by atoms with Crippen molar-refractivity contribution in [2.24, 2.45) is 0 Å². The SMILES string of the molecule is CS(=O)(=O)c1nn2c(c1N)NCC2. The molecule has 1 aromatic rings. The maximum atomic E-state index is 11.2. The average Bonchev–Trinajstić information content (AvgIpc) is 2.51. The average molecular weight is 202 g/mol. The Labute approximate surface area is 75.6 Å². The van der Waals surface area contributed by atoms with Crippen LogP contribution < -0.4 is 11.1 Å². The van der Waals surface area contributed by atoms with Crippen LogP contribution in [0.15, 0.2) is 5.03 Å². The van der Waals surface area contributed by atoms with Gasteiger partial charge in [-0.15, -0.1) is 0 Å². The molecule has 0 fully saturated rings. The highest BCUT2D eigenvalue weighted by molar-refractivity contribution is 7.90. The smallest absolute Gasteiger partial charge is 0.201 e. The summed E-state index contributed by atoms with van der Waals surface area (Å²) in [5, 5.41) is 6.84. The van der Waals surface area contributed by atoms with Crippen molar-refractivity contribution in [1.82, 2.24) is 9.78 Å². The van der Waals surface area contributed by atoms with E-state index in [1.54, 1.807) is 4.68 Å². The highest BCUT2D eigenvalue weighted by atomic mass is 32.2. The molecule has 0 bridgehead atoms. The second-order valence-corrected chi connectivity index (χ2v) is 4.92. The van der Waals surface area contributed by atoms with Gasteiger partial charge in [0, 0.05) is 12.8 Å². The van der Waals surface area contributed by atoms with Crippen molar-refractivity contribution in [2.45, 2.75) is 11.6 Å². The van der Waals surface area contributed by atoms with Crippen LogP contribution in [0.1, 0.15) is 0 Å². The van der Waals surface area contributed by atoms with Crippen LogP contribution in [0.5, 0.6) is 0 Å². The number of aromatic nitrogens is 2. The van der Waals surface area contributed by atoms with Gasteiger partial charge in [0.2, 0.25) is 5.03 Å².